The van der Waals surface area contributed by atoms with Crippen LogP contribution in [0.3, 0.4) is 0 Å². The topological polar surface area (TPSA) is 68.8 Å². The van der Waals surface area contributed by atoms with Crippen LogP contribution in [-0.2, 0) is 11.2 Å². The largest absolute Gasteiger partial charge is 0.497 e. The van der Waals surface area contributed by atoms with Crippen molar-refractivity contribution in [1.82, 2.24) is 10.6 Å². The number of ether oxygens (including phenoxy) is 3. The summed E-state index contributed by atoms with van der Waals surface area (Å²) < 4.78 is 15.6. The predicted octanol–water partition coefficient (Wildman–Crippen LogP) is 2.96. The number of amides is 1. The van der Waals surface area contributed by atoms with E-state index in [2.05, 4.69) is 10.6 Å². The molecule has 2 N–H and O–H groups in total. The van der Waals surface area contributed by atoms with E-state index in [1.807, 2.05) is 42.5 Å². The van der Waals surface area contributed by atoms with E-state index in [9.17, 15) is 4.79 Å². The van der Waals surface area contributed by atoms with Crippen LogP contribution >= 0.6 is 12.2 Å². The molecule has 28 heavy (non-hydrogen) atoms. The van der Waals surface area contributed by atoms with Gasteiger partial charge in [-0.05, 0) is 60.1 Å². The summed E-state index contributed by atoms with van der Waals surface area (Å²) in [7, 11) is 4.81. The molecule has 0 fully saturated rings. The number of hydrogen-bond donors (Lipinski definition) is 2. The lowest BCUT2D eigenvalue weighted by Crippen LogP contribution is -2.39. The summed E-state index contributed by atoms with van der Waals surface area (Å²) in [5.74, 6) is 1.84. The van der Waals surface area contributed by atoms with Gasteiger partial charge in [-0.3, -0.25) is 10.1 Å². The maximum Gasteiger partial charge on any atom is 0.250 e. The number of hydrogen-bond acceptors (Lipinski definition) is 5. The van der Waals surface area contributed by atoms with Crippen molar-refractivity contribution < 1.29 is 19.0 Å². The van der Waals surface area contributed by atoms with Gasteiger partial charge in [0.05, 0.1) is 21.3 Å². The minimum atomic E-state index is -0.292. The summed E-state index contributed by atoms with van der Waals surface area (Å²) in [6.45, 7) is 0.580. The van der Waals surface area contributed by atoms with Gasteiger partial charge in [0.2, 0.25) is 5.91 Å². The maximum absolute atomic E-state index is 12.0. The van der Waals surface area contributed by atoms with Gasteiger partial charge in [0.1, 0.15) is 5.75 Å². The van der Waals surface area contributed by atoms with Crippen molar-refractivity contribution in [1.29, 1.82) is 0 Å². The SMILES string of the molecule is COc1ccc(/C=C/C(=O)NC(=S)NCCc2ccc(OC)c(OC)c2)cc1. The number of carbonyl (C=O) groups is 1. The molecule has 0 atom stereocenters. The Morgan fingerprint density at radius 3 is 2.36 bits per heavy atom. The number of carbonyl (C=O) groups excluding carboxylic acids is 1. The van der Waals surface area contributed by atoms with Crippen LogP contribution in [0.1, 0.15) is 11.1 Å². The minimum absolute atomic E-state index is 0.282. The van der Waals surface area contributed by atoms with Crippen LogP contribution in [0.2, 0.25) is 0 Å². The van der Waals surface area contributed by atoms with E-state index in [-0.39, 0.29) is 11.0 Å². The molecule has 2 aromatic rings. The number of rotatable bonds is 8. The number of methoxy groups -OCH3 is 3. The van der Waals surface area contributed by atoms with Gasteiger partial charge in [-0.1, -0.05) is 18.2 Å². The zero-order valence-corrected chi connectivity index (χ0v) is 17.0. The maximum atomic E-state index is 12.0. The fourth-order valence-electron chi connectivity index (χ4n) is 2.44. The molecule has 2 rings (SSSR count). The highest BCUT2D eigenvalue weighted by molar-refractivity contribution is 7.80. The van der Waals surface area contributed by atoms with E-state index in [1.165, 1.54) is 6.08 Å². The highest BCUT2D eigenvalue weighted by atomic mass is 32.1. The van der Waals surface area contributed by atoms with E-state index in [4.69, 9.17) is 26.4 Å². The smallest absolute Gasteiger partial charge is 0.250 e. The first-order valence-electron chi connectivity index (χ1n) is 8.67. The average molecular weight is 401 g/mol. The zero-order valence-electron chi connectivity index (χ0n) is 16.2. The summed E-state index contributed by atoms with van der Waals surface area (Å²) in [5.41, 5.74) is 1.96. The molecular weight excluding hydrogens is 376 g/mol. The van der Waals surface area contributed by atoms with Crippen molar-refractivity contribution in [3.63, 3.8) is 0 Å². The van der Waals surface area contributed by atoms with E-state index in [0.717, 1.165) is 23.3 Å². The van der Waals surface area contributed by atoms with Crippen LogP contribution in [0.15, 0.2) is 48.5 Å². The summed E-state index contributed by atoms with van der Waals surface area (Å²) in [4.78, 5) is 12.0. The average Bonchev–Trinajstić information content (AvgIpc) is 2.72. The monoisotopic (exact) mass is 400 g/mol. The first kappa shape index (κ1) is 21.2. The van der Waals surface area contributed by atoms with Gasteiger partial charge in [-0.2, -0.15) is 0 Å². The Bertz CT molecular complexity index is 835. The molecule has 0 heterocycles. The Morgan fingerprint density at radius 1 is 1.00 bits per heavy atom. The van der Waals surface area contributed by atoms with Gasteiger partial charge in [0.15, 0.2) is 16.6 Å². The molecule has 6 nitrogen and oxygen atoms in total. The Balaban J connectivity index is 1.77. The molecule has 0 radical (unpaired) electrons. The second kappa shape index (κ2) is 10.9. The molecule has 0 aliphatic carbocycles. The lowest BCUT2D eigenvalue weighted by Gasteiger charge is -2.11. The quantitative estimate of drug-likeness (QED) is 0.525. The van der Waals surface area contributed by atoms with Crippen LogP contribution < -0.4 is 24.8 Å². The Labute approximate surface area is 170 Å². The highest BCUT2D eigenvalue weighted by Gasteiger charge is 2.05. The number of nitrogens with one attached hydrogen (secondary N) is 2. The summed E-state index contributed by atoms with van der Waals surface area (Å²) >= 11 is 5.16. The van der Waals surface area contributed by atoms with Gasteiger partial charge < -0.3 is 19.5 Å². The summed E-state index contributed by atoms with van der Waals surface area (Å²) in [6.07, 6.45) is 3.86. The molecule has 0 spiro atoms. The molecule has 0 aliphatic heterocycles. The van der Waals surface area contributed by atoms with E-state index in [1.54, 1.807) is 27.4 Å². The third kappa shape index (κ3) is 6.59. The lowest BCUT2D eigenvalue weighted by atomic mass is 10.1. The van der Waals surface area contributed by atoms with E-state index < -0.39 is 0 Å². The summed E-state index contributed by atoms with van der Waals surface area (Å²) in [6, 6.07) is 13.1. The van der Waals surface area contributed by atoms with Gasteiger partial charge in [0.25, 0.3) is 0 Å². The molecule has 0 aromatic heterocycles. The molecule has 0 saturated carbocycles. The van der Waals surface area contributed by atoms with Crippen LogP contribution in [0.25, 0.3) is 6.08 Å². The van der Waals surface area contributed by atoms with Gasteiger partial charge in [0, 0.05) is 12.6 Å². The number of benzene rings is 2. The minimum Gasteiger partial charge on any atom is -0.497 e. The zero-order chi connectivity index (χ0) is 20.4. The third-order valence-electron chi connectivity index (χ3n) is 3.93. The number of thiocarbonyl (C=S) groups is 1. The standard InChI is InChI=1S/C21H24N2O4S/c1-25-17-8-4-15(5-9-17)7-11-20(24)23-21(28)22-13-12-16-6-10-18(26-2)19(14-16)27-3/h4-11,14H,12-13H2,1-3H3,(H2,22,23,24,28)/b11-7+. The molecule has 7 heteroatoms. The van der Waals surface area contributed by atoms with Crippen molar-refractivity contribution in [3.05, 3.63) is 59.7 Å². The molecule has 0 unspecified atom stereocenters. The second-order valence-corrected chi connectivity index (χ2v) is 6.20. The fraction of sp³-hybridized carbons (Fsp3) is 0.238. The first-order chi connectivity index (χ1) is 13.5. The van der Waals surface area contributed by atoms with Crippen molar-refractivity contribution in [2.24, 2.45) is 0 Å². The van der Waals surface area contributed by atoms with E-state index in [0.29, 0.717) is 18.0 Å². The Morgan fingerprint density at radius 2 is 1.71 bits per heavy atom. The van der Waals surface area contributed by atoms with Crippen molar-refractivity contribution in [3.8, 4) is 17.2 Å². The summed E-state index contributed by atoms with van der Waals surface area (Å²) in [5, 5.41) is 5.93. The molecule has 0 aliphatic rings. The fourth-order valence-corrected chi connectivity index (χ4v) is 2.64. The molecular formula is C21H24N2O4S. The molecule has 0 saturated heterocycles. The Hall–Kier alpha value is -3.06. The van der Waals surface area contributed by atoms with E-state index >= 15 is 0 Å². The van der Waals surface area contributed by atoms with Crippen molar-refractivity contribution in [2.45, 2.75) is 6.42 Å². The third-order valence-corrected chi connectivity index (χ3v) is 4.17. The first-order valence-corrected chi connectivity index (χ1v) is 9.08. The molecule has 1 amide bonds. The van der Waals surface area contributed by atoms with Crippen molar-refractivity contribution >= 4 is 29.3 Å². The van der Waals surface area contributed by atoms with Crippen LogP contribution in [0.5, 0.6) is 17.2 Å². The van der Waals surface area contributed by atoms with Crippen LogP contribution in [-0.4, -0.2) is 38.9 Å². The van der Waals surface area contributed by atoms with Crippen LogP contribution in [0, 0.1) is 0 Å². The van der Waals surface area contributed by atoms with Crippen LogP contribution in [0.4, 0.5) is 0 Å². The van der Waals surface area contributed by atoms with Gasteiger partial charge in [-0.25, -0.2) is 0 Å². The Kier molecular flexibility index (Phi) is 8.30. The molecule has 2 aromatic carbocycles. The molecule has 0 bridgehead atoms. The molecule has 148 valence electrons. The van der Waals surface area contributed by atoms with Crippen molar-refractivity contribution in [2.75, 3.05) is 27.9 Å². The second-order valence-electron chi connectivity index (χ2n) is 5.79. The van der Waals surface area contributed by atoms with Gasteiger partial charge >= 0.3 is 0 Å². The van der Waals surface area contributed by atoms with Gasteiger partial charge in [-0.15, -0.1) is 0 Å². The lowest BCUT2D eigenvalue weighted by molar-refractivity contribution is -0.115. The normalized spacial score (nSPS) is 10.4. The predicted molar refractivity (Wildman–Crippen MR) is 114 cm³/mol. The highest BCUT2D eigenvalue weighted by Crippen LogP contribution is 2.27.